The molecule has 17 heavy (non-hydrogen) atoms. The van der Waals surface area contributed by atoms with E-state index in [4.69, 9.17) is 4.74 Å². The van der Waals surface area contributed by atoms with Crippen molar-refractivity contribution in [3.8, 4) is 0 Å². The minimum Gasteiger partial charge on any atom is -0.381 e. The van der Waals surface area contributed by atoms with Gasteiger partial charge in [-0.2, -0.15) is 0 Å². The number of rotatable bonds is 4. The van der Waals surface area contributed by atoms with Crippen LogP contribution < -0.4 is 10.9 Å². The van der Waals surface area contributed by atoms with Gasteiger partial charge in [0.25, 0.3) is 5.56 Å². The molecule has 0 saturated carbocycles. The molecule has 1 N–H and O–H groups in total. The third kappa shape index (κ3) is 3.09. The van der Waals surface area contributed by atoms with E-state index in [1.165, 1.54) is 6.42 Å². The van der Waals surface area contributed by atoms with E-state index in [2.05, 4.69) is 5.32 Å². The van der Waals surface area contributed by atoms with Crippen molar-refractivity contribution in [2.45, 2.75) is 38.8 Å². The van der Waals surface area contributed by atoms with Gasteiger partial charge < -0.3 is 14.6 Å². The molecule has 1 aliphatic heterocycles. The van der Waals surface area contributed by atoms with Crippen LogP contribution in [0.25, 0.3) is 0 Å². The van der Waals surface area contributed by atoms with E-state index in [9.17, 15) is 4.79 Å². The van der Waals surface area contributed by atoms with Crippen LogP contribution in [0.15, 0.2) is 23.1 Å². The molecular weight excluding hydrogens is 216 g/mol. The molecule has 1 aliphatic rings. The number of ether oxygens (including phenoxy) is 1. The highest BCUT2D eigenvalue weighted by Crippen LogP contribution is 2.14. The standard InChI is InChI=1S/C13H20N2O2/c1-2-14-12-7-5-8-15(13(12)16)10-11-6-3-4-9-17-11/h5,7-8,11,14H,2-4,6,9-10H2,1H3. The van der Waals surface area contributed by atoms with Crippen LogP contribution in [0.2, 0.25) is 0 Å². The number of hydrogen-bond donors (Lipinski definition) is 1. The van der Waals surface area contributed by atoms with Crippen molar-refractivity contribution >= 4 is 5.69 Å². The average Bonchev–Trinajstić information content (AvgIpc) is 2.36. The van der Waals surface area contributed by atoms with Crippen molar-refractivity contribution in [1.29, 1.82) is 0 Å². The van der Waals surface area contributed by atoms with Crippen LogP contribution in [-0.4, -0.2) is 23.8 Å². The molecule has 0 bridgehead atoms. The molecule has 4 heteroatoms. The van der Waals surface area contributed by atoms with Crippen LogP contribution in [0, 0.1) is 0 Å². The third-order valence-electron chi connectivity index (χ3n) is 3.06. The summed E-state index contributed by atoms with van der Waals surface area (Å²) in [6.07, 6.45) is 5.42. The lowest BCUT2D eigenvalue weighted by atomic mass is 10.1. The number of aromatic nitrogens is 1. The van der Waals surface area contributed by atoms with Crippen molar-refractivity contribution in [1.82, 2.24) is 4.57 Å². The van der Waals surface area contributed by atoms with Crippen molar-refractivity contribution in [3.63, 3.8) is 0 Å². The Labute approximate surface area is 102 Å². The summed E-state index contributed by atoms with van der Waals surface area (Å²) in [6.45, 7) is 4.24. The molecule has 0 aliphatic carbocycles. The van der Waals surface area contributed by atoms with E-state index in [0.717, 1.165) is 26.0 Å². The average molecular weight is 236 g/mol. The molecule has 0 aromatic carbocycles. The molecule has 1 atom stereocenters. The van der Waals surface area contributed by atoms with Gasteiger partial charge >= 0.3 is 0 Å². The lowest BCUT2D eigenvalue weighted by molar-refractivity contribution is 0.00546. The van der Waals surface area contributed by atoms with Crippen LogP contribution in [-0.2, 0) is 11.3 Å². The fourth-order valence-electron chi connectivity index (χ4n) is 2.18. The molecule has 94 valence electrons. The fraction of sp³-hybridized carbons (Fsp3) is 0.615. The number of hydrogen-bond acceptors (Lipinski definition) is 3. The zero-order valence-corrected chi connectivity index (χ0v) is 10.3. The van der Waals surface area contributed by atoms with Gasteiger partial charge in [0.15, 0.2) is 0 Å². The summed E-state index contributed by atoms with van der Waals surface area (Å²) in [5, 5.41) is 3.08. The summed E-state index contributed by atoms with van der Waals surface area (Å²) in [5.41, 5.74) is 0.717. The van der Waals surface area contributed by atoms with Crippen LogP contribution in [0.3, 0.4) is 0 Å². The Morgan fingerprint density at radius 3 is 3.12 bits per heavy atom. The SMILES string of the molecule is CCNc1cccn(CC2CCCCO2)c1=O. The lowest BCUT2D eigenvalue weighted by Gasteiger charge is -2.23. The summed E-state index contributed by atoms with van der Waals surface area (Å²) in [5.74, 6) is 0. The molecule has 4 nitrogen and oxygen atoms in total. The summed E-state index contributed by atoms with van der Waals surface area (Å²) in [4.78, 5) is 12.1. The smallest absolute Gasteiger partial charge is 0.273 e. The van der Waals surface area contributed by atoms with Gasteiger partial charge in [-0.1, -0.05) is 0 Å². The fourth-order valence-corrected chi connectivity index (χ4v) is 2.18. The monoisotopic (exact) mass is 236 g/mol. The Kier molecular flexibility index (Phi) is 4.20. The summed E-state index contributed by atoms with van der Waals surface area (Å²) < 4.78 is 7.40. The van der Waals surface area contributed by atoms with Gasteiger partial charge in [0, 0.05) is 19.3 Å². The largest absolute Gasteiger partial charge is 0.381 e. The second kappa shape index (κ2) is 5.87. The molecule has 2 rings (SSSR count). The maximum Gasteiger partial charge on any atom is 0.273 e. The highest BCUT2D eigenvalue weighted by atomic mass is 16.5. The van der Waals surface area contributed by atoms with E-state index in [1.54, 1.807) is 4.57 Å². The Bertz CT molecular complexity index is 408. The maximum atomic E-state index is 12.1. The highest BCUT2D eigenvalue weighted by molar-refractivity contribution is 5.39. The van der Waals surface area contributed by atoms with E-state index < -0.39 is 0 Å². The predicted molar refractivity (Wildman–Crippen MR) is 68.5 cm³/mol. The molecule has 1 aromatic heterocycles. The van der Waals surface area contributed by atoms with Crippen LogP contribution >= 0.6 is 0 Å². The van der Waals surface area contributed by atoms with Crippen molar-refractivity contribution in [3.05, 3.63) is 28.7 Å². The Hall–Kier alpha value is -1.29. The molecule has 2 heterocycles. The van der Waals surface area contributed by atoms with Crippen molar-refractivity contribution in [2.24, 2.45) is 0 Å². The maximum absolute atomic E-state index is 12.1. The zero-order valence-electron chi connectivity index (χ0n) is 10.3. The van der Waals surface area contributed by atoms with E-state index >= 15 is 0 Å². The van der Waals surface area contributed by atoms with E-state index in [0.29, 0.717) is 12.2 Å². The van der Waals surface area contributed by atoms with Gasteiger partial charge in [0.05, 0.1) is 12.6 Å². The molecule has 1 fully saturated rings. The Balaban J connectivity index is 2.09. The molecule has 0 spiro atoms. The minimum atomic E-state index is 0.0449. The van der Waals surface area contributed by atoms with Gasteiger partial charge in [-0.05, 0) is 38.3 Å². The molecule has 1 unspecified atom stereocenters. The van der Waals surface area contributed by atoms with Gasteiger partial charge in [-0.25, -0.2) is 0 Å². The van der Waals surface area contributed by atoms with Gasteiger partial charge in [0.2, 0.25) is 0 Å². The molecule has 1 saturated heterocycles. The highest BCUT2D eigenvalue weighted by Gasteiger charge is 2.15. The number of nitrogens with one attached hydrogen (secondary N) is 1. The van der Waals surface area contributed by atoms with Crippen LogP contribution in [0.5, 0.6) is 0 Å². The van der Waals surface area contributed by atoms with Crippen molar-refractivity contribution < 1.29 is 4.74 Å². The summed E-state index contributed by atoms with van der Waals surface area (Å²) in [6, 6.07) is 3.73. The number of anilines is 1. The number of nitrogens with zero attached hydrogens (tertiary/aromatic N) is 1. The first-order valence-corrected chi connectivity index (χ1v) is 6.36. The zero-order chi connectivity index (χ0) is 12.1. The van der Waals surface area contributed by atoms with Crippen molar-refractivity contribution in [2.75, 3.05) is 18.5 Å². The van der Waals surface area contributed by atoms with Gasteiger partial charge in [-0.3, -0.25) is 4.79 Å². The first kappa shape index (κ1) is 12.2. The molecule has 0 amide bonds. The predicted octanol–water partition coefficient (Wildman–Crippen LogP) is 1.85. The second-order valence-corrected chi connectivity index (χ2v) is 4.40. The molecule has 0 radical (unpaired) electrons. The minimum absolute atomic E-state index is 0.0449. The molecule has 1 aromatic rings. The quantitative estimate of drug-likeness (QED) is 0.867. The Morgan fingerprint density at radius 2 is 2.41 bits per heavy atom. The van der Waals surface area contributed by atoms with Gasteiger partial charge in [-0.15, -0.1) is 0 Å². The third-order valence-corrected chi connectivity index (χ3v) is 3.06. The summed E-state index contributed by atoms with van der Waals surface area (Å²) >= 11 is 0. The lowest BCUT2D eigenvalue weighted by Crippen LogP contribution is -2.31. The van der Waals surface area contributed by atoms with Crippen LogP contribution in [0.1, 0.15) is 26.2 Å². The Morgan fingerprint density at radius 1 is 1.53 bits per heavy atom. The van der Waals surface area contributed by atoms with Gasteiger partial charge in [0.1, 0.15) is 5.69 Å². The van der Waals surface area contributed by atoms with Crippen LogP contribution in [0.4, 0.5) is 5.69 Å². The molecular formula is C13H20N2O2. The topological polar surface area (TPSA) is 43.3 Å². The number of pyridine rings is 1. The first-order chi connectivity index (χ1) is 8.31. The summed E-state index contributed by atoms with van der Waals surface area (Å²) in [7, 11) is 0. The van der Waals surface area contributed by atoms with E-state index in [1.807, 2.05) is 25.3 Å². The normalized spacial score (nSPS) is 20.2. The second-order valence-electron chi connectivity index (χ2n) is 4.40. The first-order valence-electron chi connectivity index (χ1n) is 6.36. The van der Waals surface area contributed by atoms with E-state index in [-0.39, 0.29) is 11.7 Å².